The number of hydrogen-bond acceptors (Lipinski definition) is 1. The molecule has 0 fully saturated rings. The second-order valence-corrected chi connectivity index (χ2v) is 6.56. The Morgan fingerprint density at radius 1 is 1.05 bits per heavy atom. The van der Waals surface area contributed by atoms with Crippen molar-refractivity contribution in [2.24, 2.45) is 0 Å². The van der Waals surface area contributed by atoms with Crippen molar-refractivity contribution in [3.63, 3.8) is 0 Å². The van der Waals surface area contributed by atoms with E-state index in [0.29, 0.717) is 27.6 Å². The third-order valence-electron chi connectivity index (χ3n) is 3.27. The maximum absolute atomic E-state index is 5.99. The van der Waals surface area contributed by atoms with Crippen LogP contribution >= 0.6 is 35.4 Å². The second kappa shape index (κ2) is 7.82. The predicted octanol–water partition coefficient (Wildman–Crippen LogP) is 5.60. The Bertz CT molecular complexity index is 654. The topological polar surface area (TPSA) is 24.1 Å². The largest absolute Gasteiger partial charge is 0.358 e. The van der Waals surface area contributed by atoms with E-state index in [2.05, 4.69) is 36.6 Å². The molecule has 0 aromatic heterocycles. The van der Waals surface area contributed by atoms with E-state index in [4.69, 9.17) is 35.4 Å². The van der Waals surface area contributed by atoms with E-state index in [1.54, 1.807) is 6.07 Å². The number of anilines is 1. The highest BCUT2D eigenvalue weighted by Crippen LogP contribution is 2.22. The molecule has 0 aliphatic carbocycles. The van der Waals surface area contributed by atoms with Crippen LogP contribution in [0.4, 0.5) is 5.69 Å². The summed E-state index contributed by atoms with van der Waals surface area (Å²) in [6, 6.07) is 13.8. The first kappa shape index (κ1) is 17.1. The van der Waals surface area contributed by atoms with Gasteiger partial charge in [0.2, 0.25) is 0 Å². The van der Waals surface area contributed by atoms with Gasteiger partial charge in [-0.3, -0.25) is 0 Å². The minimum Gasteiger partial charge on any atom is -0.358 e. The quantitative estimate of drug-likeness (QED) is 0.699. The first-order valence-electron chi connectivity index (χ1n) is 7.04. The maximum Gasteiger partial charge on any atom is 0.171 e. The molecule has 0 radical (unpaired) electrons. The van der Waals surface area contributed by atoms with Gasteiger partial charge >= 0.3 is 0 Å². The van der Waals surface area contributed by atoms with Gasteiger partial charge in [0.15, 0.2) is 5.11 Å². The average Bonchev–Trinajstić information content (AvgIpc) is 2.49. The van der Waals surface area contributed by atoms with Crippen molar-refractivity contribution in [1.29, 1.82) is 0 Å². The molecular weight excluding hydrogens is 335 g/mol. The molecule has 116 valence electrons. The standard InChI is InChI=1S/C17H18Cl2N2S/c1-11(2)13-4-6-14(7-5-13)21-17(22)20-10-12-3-8-15(18)16(19)9-12/h3-9,11H,10H2,1-2H3,(H2,20,21,22). The van der Waals surface area contributed by atoms with Crippen molar-refractivity contribution in [2.45, 2.75) is 26.3 Å². The molecule has 0 amide bonds. The molecular formula is C17H18Cl2N2S. The number of hydrogen-bond donors (Lipinski definition) is 2. The first-order chi connectivity index (χ1) is 10.5. The van der Waals surface area contributed by atoms with E-state index >= 15 is 0 Å². The summed E-state index contributed by atoms with van der Waals surface area (Å²) >= 11 is 17.2. The number of rotatable bonds is 4. The third kappa shape index (κ3) is 4.87. The normalized spacial score (nSPS) is 10.6. The molecule has 0 spiro atoms. The van der Waals surface area contributed by atoms with Crippen LogP contribution in [-0.2, 0) is 6.54 Å². The van der Waals surface area contributed by atoms with E-state index in [1.807, 2.05) is 24.3 Å². The lowest BCUT2D eigenvalue weighted by Gasteiger charge is -2.12. The lowest BCUT2D eigenvalue weighted by molar-refractivity contribution is 0.867. The van der Waals surface area contributed by atoms with Crippen LogP contribution in [0.1, 0.15) is 30.9 Å². The molecule has 2 nitrogen and oxygen atoms in total. The fraction of sp³-hybridized carbons (Fsp3) is 0.235. The fourth-order valence-electron chi connectivity index (χ4n) is 1.96. The SMILES string of the molecule is CC(C)c1ccc(NC(=S)NCc2ccc(Cl)c(Cl)c2)cc1. The van der Waals surface area contributed by atoms with Crippen LogP contribution < -0.4 is 10.6 Å². The summed E-state index contributed by atoms with van der Waals surface area (Å²) in [4.78, 5) is 0. The van der Waals surface area contributed by atoms with Gasteiger partial charge in [-0.1, -0.05) is 55.2 Å². The lowest BCUT2D eigenvalue weighted by Crippen LogP contribution is -2.27. The highest BCUT2D eigenvalue weighted by Gasteiger charge is 2.02. The minimum absolute atomic E-state index is 0.522. The number of benzene rings is 2. The molecule has 0 saturated carbocycles. The van der Waals surface area contributed by atoms with Crippen molar-refractivity contribution in [3.8, 4) is 0 Å². The Hall–Kier alpha value is -1.29. The first-order valence-corrected chi connectivity index (χ1v) is 8.21. The van der Waals surface area contributed by atoms with Crippen molar-refractivity contribution in [1.82, 2.24) is 5.32 Å². The zero-order valence-corrected chi connectivity index (χ0v) is 14.8. The molecule has 0 aliphatic rings. The maximum atomic E-state index is 5.99. The van der Waals surface area contributed by atoms with E-state index in [1.165, 1.54) is 5.56 Å². The van der Waals surface area contributed by atoms with Gasteiger partial charge in [0.25, 0.3) is 0 Å². The van der Waals surface area contributed by atoms with Crippen LogP contribution in [0.15, 0.2) is 42.5 Å². The molecule has 2 N–H and O–H groups in total. The molecule has 2 rings (SSSR count). The Balaban J connectivity index is 1.88. The Kier molecular flexibility index (Phi) is 6.07. The monoisotopic (exact) mass is 352 g/mol. The molecule has 2 aromatic rings. The molecule has 0 aliphatic heterocycles. The third-order valence-corrected chi connectivity index (χ3v) is 4.26. The van der Waals surface area contributed by atoms with E-state index in [0.717, 1.165) is 11.3 Å². The Morgan fingerprint density at radius 3 is 2.32 bits per heavy atom. The van der Waals surface area contributed by atoms with Gasteiger partial charge < -0.3 is 10.6 Å². The summed E-state index contributed by atoms with van der Waals surface area (Å²) in [5.41, 5.74) is 3.30. The highest BCUT2D eigenvalue weighted by atomic mass is 35.5. The fourth-order valence-corrected chi connectivity index (χ4v) is 2.47. The molecule has 0 bridgehead atoms. The summed E-state index contributed by atoms with van der Waals surface area (Å²) in [5.74, 6) is 0.522. The molecule has 0 atom stereocenters. The van der Waals surface area contributed by atoms with Crippen LogP contribution in [0.2, 0.25) is 10.0 Å². The summed E-state index contributed by atoms with van der Waals surface area (Å²) in [6.07, 6.45) is 0. The minimum atomic E-state index is 0.522. The Morgan fingerprint density at radius 2 is 1.73 bits per heavy atom. The summed E-state index contributed by atoms with van der Waals surface area (Å²) < 4.78 is 0. The van der Waals surface area contributed by atoms with Gasteiger partial charge in [-0.05, 0) is 53.5 Å². The molecule has 5 heteroatoms. The molecule has 0 unspecified atom stereocenters. The van der Waals surface area contributed by atoms with Gasteiger partial charge in [0.05, 0.1) is 10.0 Å². The zero-order valence-electron chi connectivity index (χ0n) is 12.5. The lowest BCUT2D eigenvalue weighted by atomic mass is 10.0. The van der Waals surface area contributed by atoms with E-state index in [9.17, 15) is 0 Å². The Labute approximate surface area is 146 Å². The molecule has 2 aromatic carbocycles. The number of halogens is 2. The van der Waals surface area contributed by atoms with Gasteiger partial charge in [0.1, 0.15) is 0 Å². The van der Waals surface area contributed by atoms with Crippen molar-refractivity contribution < 1.29 is 0 Å². The second-order valence-electron chi connectivity index (χ2n) is 5.33. The van der Waals surface area contributed by atoms with Gasteiger partial charge in [-0.2, -0.15) is 0 Å². The van der Waals surface area contributed by atoms with Crippen LogP contribution in [0.3, 0.4) is 0 Å². The van der Waals surface area contributed by atoms with Gasteiger partial charge in [-0.15, -0.1) is 0 Å². The van der Waals surface area contributed by atoms with Crippen molar-refractivity contribution in [3.05, 3.63) is 63.6 Å². The molecule has 0 saturated heterocycles. The van der Waals surface area contributed by atoms with Crippen molar-refractivity contribution >= 4 is 46.2 Å². The van der Waals surface area contributed by atoms with E-state index in [-0.39, 0.29) is 0 Å². The zero-order chi connectivity index (χ0) is 16.1. The summed E-state index contributed by atoms with van der Waals surface area (Å²) in [6.45, 7) is 4.94. The van der Waals surface area contributed by atoms with Gasteiger partial charge in [0, 0.05) is 12.2 Å². The average molecular weight is 353 g/mol. The van der Waals surface area contributed by atoms with Crippen LogP contribution in [-0.4, -0.2) is 5.11 Å². The van der Waals surface area contributed by atoms with Crippen LogP contribution in [0.5, 0.6) is 0 Å². The van der Waals surface area contributed by atoms with Gasteiger partial charge in [-0.25, -0.2) is 0 Å². The van der Waals surface area contributed by atoms with Crippen LogP contribution in [0.25, 0.3) is 0 Å². The van der Waals surface area contributed by atoms with Crippen LogP contribution in [0, 0.1) is 0 Å². The van der Waals surface area contributed by atoms with E-state index < -0.39 is 0 Å². The number of thiocarbonyl (C=S) groups is 1. The predicted molar refractivity (Wildman–Crippen MR) is 100 cm³/mol. The highest BCUT2D eigenvalue weighted by molar-refractivity contribution is 7.80. The smallest absolute Gasteiger partial charge is 0.171 e. The summed E-state index contributed by atoms with van der Waals surface area (Å²) in [5, 5.41) is 7.99. The molecule has 22 heavy (non-hydrogen) atoms. The molecule has 0 heterocycles. The number of nitrogens with one attached hydrogen (secondary N) is 2. The summed E-state index contributed by atoms with van der Waals surface area (Å²) in [7, 11) is 0. The van der Waals surface area contributed by atoms with Crippen molar-refractivity contribution in [2.75, 3.05) is 5.32 Å².